The van der Waals surface area contributed by atoms with Gasteiger partial charge in [0.15, 0.2) is 7.85 Å². The van der Waals surface area contributed by atoms with E-state index in [1.54, 1.807) is 19.3 Å². The Morgan fingerprint density at radius 3 is 2.82 bits per heavy atom. The minimum absolute atomic E-state index is 0.290. The lowest BCUT2D eigenvalue weighted by atomic mass is 10.0. The average molecular weight is 228 g/mol. The molecule has 0 aromatic carbocycles. The lowest BCUT2D eigenvalue weighted by molar-refractivity contribution is 0.0528. The summed E-state index contributed by atoms with van der Waals surface area (Å²) in [6.07, 6.45) is 3.44. The first kappa shape index (κ1) is 11.5. The summed E-state index contributed by atoms with van der Waals surface area (Å²) < 4.78 is 4.99. The quantitative estimate of drug-likeness (QED) is 0.615. The van der Waals surface area contributed by atoms with E-state index in [-0.39, 0.29) is 5.97 Å². The fourth-order valence-corrected chi connectivity index (χ4v) is 1.67. The second kappa shape index (κ2) is 4.87. The molecule has 0 unspecified atom stereocenters. The molecule has 1 N–H and O–H groups in total. The largest absolute Gasteiger partial charge is 0.462 e. The summed E-state index contributed by atoms with van der Waals surface area (Å²) >= 11 is 0. The predicted octanol–water partition coefficient (Wildman–Crippen LogP) is 0.512. The van der Waals surface area contributed by atoms with Crippen molar-refractivity contribution in [1.82, 2.24) is 9.97 Å². The van der Waals surface area contributed by atoms with Crippen LogP contribution in [-0.2, 0) is 4.74 Å². The van der Waals surface area contributed by atoms with Crippen molar-refractivity contribution in [1.29, 1.82) is 0 Å². The second-order valence-corrected chi connectivity index (χ2v) is 3.68. The van der Waals surface area contributed by atoms with Gasteiger partial charge in [0, 0.05) is 23.7 Å². The van der Waals surface area contributed by atoms with E-state index in [1.165, 1.54) is 0 Å². The molecule has 0 aliphatic rings. The van der Waals surface area contributed by atoms with Crippen LogP contribution in [0.1, 0.15) is 17.3 Å². The second-order valence-electron chi connectivity index (χ2n) is 3.68. The number of aromatic nitrogens is 2. The number of pyridine rings is 1. The standard InChI is InChI=1S/C12H13BN2O2/c1-2-17-12(16)9-7-10(15-11(9)13)8-3-5-14-6-4-8/h3-7,15H,2,13H2,1H3. The number of nitrogens with one attached hydrogen (secondary N) is 1. The van der Waals surface area contributed by atoms with Crippen LogP contribution in [0.15, 0.2) is 30.6 Å². The van der Waals surface area contributed by atoms with Gasteiger partial charge in [-0.3, -0.25) is 4.98 Å². The summed E-state index contributed by atoms with van der Waals surface area (Å²) in [4.78, 5) is 18.8. The maximum Gasteiger partial charge on any atom is 0.339 e. The molecular weight excluding hydrogens is 215 g/mol. The van der Waals surface area contributed by atoms with Gasteiger partial charge in [0.2, 0.25) is 0 Å². The number of carbonyl (C=O) groups is 1. The molecule has 2 rings (SSSR count). The van der Waals surface area contributed by atoms with Crippen molar-refractivity contribution in [2.45, 2.75) is 6.92 Å². The Morgan fingerprint density at radius 2 is 2.18 bits per heavy atom. The molecule has 0 aliphatic carbocycles. The number of hydrogen-bond donors (Lipinski definition) is 1. The molecule has 0 amide bonds. The van der Waals surface area contributed by atoms with Crippen molar-refractivity contribution < 1.29 is 9.53 Å². The molecule has 0 saturated heterocycles. The maximum atomic E-state index is 11.7. The van der Waals surface area contributed by atoms with E-state index in [4.69, 9.17) is 4.74 Å². The van der Waals surface area contributed by atoms with Gasteiger partial charge in [0.25, 0.3) is 0 Å². The number of carbonyl (C=O) groups excluding carboxylic acids is 1. The maximum absolute atomic E-state index is 11.7. The van der Waals surface area contributed by atoms with Crippen molar-refractivity contribution in [2.75, 3.05) is 6.61 Å². The molecule has 5 heteroatoms. The fraction of sp³-hybridized carbons (Fsp3) is 0.167. The highest BCUT2D eigenvalue weighted by Gasteiger charge is 2.13. The molecule has 0 fully saturated rings. The van der Waals surface area contributed by atoms with Gasteiger partial charge in [-0.25, -0.2) is 4.79 Å². The lowest BCUT2D eigenvalue weighted by Crippen LogP contribution is -2.16. The van der Waals surface area contributed by atoms with E-state index in [0.717, 1.165) is 16.9 Å². The zero-order valence-electron chi connectivity index (χ0n) is 9.86. The predicted molar refractivity (Wildman–Crippen MR) is 68.2 cm³/mol. The molecule has 0 atom stereocenters. The van der Waals surface area contributed by atoms with Gasteiger partial charge in [0.05, 0.1) is 12.2 Å². The minimum atomic E-state index is -0.290. The molecule has 2 heterocycles. The summed E-state index contributed by atoms with van der Waals surface area (Å²) in [6.45, 7) is 2.18. The van der Waals surface area contributed by atoms with Gasteiger partial charge >= 0.3 is 5.97 Å². The van der Waals surface area contributed by atoms with Gasteiger partial charge in [-0.2, -0.15) is 0 Å². The van der Waals surface area contributed by atoms with Crippen LogP contribution in [0.5, 0.6) is 0 Å². The lowest BCUT2D eigenvalue weighted by Gasteiger charge is -1.99. The normalized spacial score (nSPS) is 10.2. The highest BCUT2D eigenvalue weighted by atomic mass is 16.5. The van der Waals surface area contributed by atoms with Crippen molar-refractivity contribution in [3.63, 3.8) is 0 Å². The first-order valence-corrected chi connectivity index (χ1v) is 5.49. The van der Waals surface area contributed by atoms with Crippen LogP contribution < -0.4 is 5.59 Å². The van der Waals surface area contributed by atoms with Gasteiger partial charge in [-0.05, 0) is 30.7 Å². The number of ether oxygens (including phenoxy) is 1. The minimum Gasteiger partial charge on any atom is -0.462 e. The molecule has 0 spiro atoms. The van der Waals surface area contributed by atoms with Crippen LogP contribution >= 0.6 is 0 Å². The van der Waals surface area contributed by atoms with Gasteiger partial charge in [-0.1, -0.05) is 0 Å². The summed E-state index contributed by atoms with van der Waals surface area (Å²) in [7, 11) is 1.86. The van der Waals surface area contributed by atoms with Crippen LogP contribution in [0, 0.1) is 0 Å². The van der Waals surface area contributed by atoms with E-state index >= 15 is 0 Å². The molecular formula is C12H13BN2O2. The highest BCUT2D eigenvalue weighted by Crippen LogP contribution is 2.16. The molecule has 0 radical (unpaired) electrons. The molecule has 0 bridgehead atoms. The van der Waals surface area contributed by atoms with Gasteiger partial charge in [0.1, 0.15) is 0 Å². The Bertz CT molecular complexity index is 523. The summed E-state index contributed by atoms with van der Waals surface area (Å²) in [5.41, 5.74) is 3.29. The number of nitrogens with zero attached hydrogens (tertiary/aromatic N) is 1. The van der Waals surface area contributed by atoms with E-state index < -0.39 is 0 Å². The van der Waals surface area contributed by atoms with E-state index in [9.17, 15) is 4.79 Å². The van der Waals surface area contributed by atoms with Crippen LogP contribution in [0.2, 0.25) is 0 Å². The van der Waals surface area contributed by atoms with Crippen LogP contribution in [-0.4, -0.2) is 30.4 Å². The van der Waals surface area contributed by atoms with Crippen LogP contribution in [0.25, 0.3) is 11.3 Å². The molecule has 2 aromatic rings. The number of H-pyrrole nitrogens is 1. The van der Waals surface area contributed by atoms with E-state index in [2.05, 4.69) is 9.97 Å². The van der Waals surface area contributed by atoms with Gasteiger partial charge in [-0.15, -0.1) is 0 Å². The van der Waals surface area contributed by atoms with Crippen molar-refractivity contribution >= 4 is 19.4 Å². The zero-order valence-corrected chi connectivity index (χ0v) is 9.86. The Morgan fingerprint density at radius 1 is 1.47 bits per heavy atom. The number of esters is 1. The molecule has 86 valence electrons. The number of aromatic amines is 1. The van der Waals surface area contributed by atoms with Gasteiger partial charge < -0.3 is 9.72 Å². The van der Waals surface area contributed by atoms with Crippen LogP contribution in [0.3, 0.4) is 0 Å². The SMILES string of the molecule is Bc1[nH]c(-c2ccncc2)cc1C(=O)OCC. The molecule has 2 aromatic heterocycles. The Labute approximate surface area is 100 Å². The summed E-state index contributed by atoms with van der Waals surface area (Å²) in [6, 6.07) is 5.59. The summed E-state index contributed by atoms with van der Waals surface area (Å²) in [5.74, 6) is -0.290. The fourth-order valence-electron chi connectivity index (χ4n) is 1.67. The third-order valence-electron chi connectivity index (χ3n) is 2.50. The first-order valence-electron chi connectivity index (χ1n) is 5.49. The van der Waals surface area contributed by atoms with Crippen LogP contribution in [0.4, 0.5) is 0 Å². The van der Waals surface area contributed by atoms with E-state index in [1.807, 2.05) is 26.0 Å². The molecule has 4 nitrogen and oxygen atoms in total. The monoisotopic (exact) mass is 228 g/mol. The topological polar surface area (TPSA) is 55.0 Å². The highest BCUT2D eigenvalue weighted by molar-refractivity contribution is 6.35. The molecule has 17 heavy (non-hydrogen) atoms. The molecule has 0 aliphatic heterocycles. The third kappa shape index (κ3) is 2.38. The Kier molecular flexibility index (Phi) is 3.28. The third-order valence-corrected chi connectivity index (χ3v) is 2.50. The zero-order chi connectivity index (χ0) is 12.3. The first-order chi connectivity index (χ1) is 8.22. The van der Waals surface area contributed by atoms with Crippen molar-refractivity contribution in [3.05, 3.63) is 36.2 Å². The number of rotatable bonds is 3. The summed E-state index contributed by atoms with van der Waals surface area (Å²) in [5, 5.41) is 0. The van der Waals surface area contributed by atoms with Crippen molar-refractivity contribution in [3.8, 4) is 11.3 Å². The molecule has 0 saturated carbocycles. The van der Waals surface area contributed by atoms with E-state index in [0.29, 0.717) is 12.2 Å². The smallest absolute Gasteiger partial charge is 0.339 e. The average Bonchev–Trinajstić information content (AvgIpc) is 2.73. The number of hydrogen-bond acceptors (Lipinski definition) is 3. The Hall–Kier alpha value is -2.04. The van der Waals surface area contributed by atoms with Crippen molar-refractivity contribution in [2.24, 2.45) is 0 Å². The Balaban J connectivity index is 2.34.